The molecule has 1 heterocycles. The van der Waals surface area contributed by atoms with Gasteiger partial charge >= 0.3 is 0 Å². The number of fused-ring (bicyclic) bond motifs is 3. The molecular weight excluding hydrogens is 240 g/mol. The SMILES string of the molecule is Brc1ccc2c(c1)OC1C=CC=CC21. The Morgan fingerprint density at radius 3 is 2.93 bits per heavy atom. The van der Waals surface area contributed by atoms with Gasteiger partial charge in [0.15, 0.2) is 0 Å². The Morgan fingerprint density at radius 2 is 2.00 bits per heavy atom. The zero-order valence-electron chi connectivity index (χ0n) is 7.48. The van der Waals surface area contributed by atoms with E-state index in [-0.39, 0.29) is 6.10 Å². The molecule has 0 N–H and O–H groups in total. The Labute approximate surface area is 91.2 Å². The van der Waals surface area contributed by atoms with Gasteiger partial charge in [0, 0.05) is 16.0 Å². The van der Waals surface area contributed by atoms with E-state index in [0.29, 0.717) is 5.92 Å². The minimum absolute atomic E-state index is 0.198. The van der Waals surface area contributed by atoms with Crippen molar-refractivity contribution in [2.75, 3.05) is 0 Å². The molecule has 1 aromatic carbocycles. The first-order valence-electron chi connectivity index (χ1n) is 4.66. The number of ether oxygens (including phenoxy) is 1. The van der Waals surface area contributed by atoms with Crippen molar-refractivity contribution in [1.29, 1.82) is 0 Å². The molecule has 0 spiro atoms. The van der Waals surface area contributed by atoms with Crippen LogP contribution in [0.15, 0.2) is 47.0 Å². The molecule has 2 heteroatoms. The van der Waals surface area contributed by atoms with Gasteiger partial charge in [0.25, 0.3) is 0 Å². The van der Waals surface area contributed by atoms with Crippen LogP contribution in [0, 0.1) is 0 Å². The molecule has 0 radical (unpaired) electrons. The summed E-state index contributed by atoms with van der Waals surface area (Å²) in [7, 11) is 0. The van der Waals surface area contributed by atoms with Crippen LogP contribution in [0.2, 0.25) is 0 Å². The van der Waals surface area contributed by atoms with E-state index in [1.807, 2.05) is 12.1 Å². The average molecular weight is 249 g/mol. The van der Waals surface area contributed by atoms with E-state index in [4.69, 9.17) is 4.74 Å². The second-order valence-electron chi connectivity index (χ2n) is 3.56. The average Bonchev–Trinajstić information content (AvgIpc) is 2.54. The van der Waals surface area contributed by atoms with Gasteiger partial charge in [-0.15, -0.1) is 0 Å². The summed E-state index contributed by atoms with van der Waals surface area (Å²) >= 11 is 3.45. The third-order valence-electron chi connectivity index (χ3n) is 2.68. The van der Waals surface area contributed by atoms with Crippen molar-refractivity contribution in [3.63, 3.8) is 0 Å². The maximum atomic E-state index is 5.82. The van der Waals surface area contributed by atoms with Crippen LogP contribution >= 0.6 is 15.9 Å². The summed E-state index contributed by atoms with van der Waals surface area (Å²) in [5.74, 6) is 1.41. The molecule has 70 valence electrons. The summed E-state index contributed by atoms with van der Waals surface area (Å²) in [5, 5.41) is 0. The zero-order chi connectivity index (χ0) is 9.54. The van der Waals surface area contributed by atoms with E-state index >= 15 is 0 Å². The van der Waals surface area contributed by atoms with Crippen molar-refractivity contribution in [2.24, 2.45) is 0 Å². The summed E-state index contributed by atoms with van der Waals surface area (Å²) in [6.07, 6.45) is 8.64. The van der Waals surface area contributed by atoms with E-state index in [0.717, 1.165) is 10.2 Å². The van der Waals surface area contributed by atoms with Crippen LogP contribution in [0.1, 0.15) is 11.5 Å². The first-order chi connectivity index (χ1) is 6.84. The molecule has 1 aromatic rings. The predicted octanol–water partition coefficient (Wildman–Crippen LogP) is 3.42. The molecule has 1 nitrogen and oxygen atoms in total. The van der Waals surface area contributed by atoms with Crippen LogP contribution in [0.5, 0.6) is 5.75 Å². The van der Waals surface area contributed by atoms with Crippen LogP contribution in [0.3, 0.4) is 0 Å². The highest BCUT2D eigenvalue weighted by Crippen LogP contribution is 2.42. The van der Waals surface area contributed by atoms with Gasteiger partial charge < -0.3 is 4.74 Å². The fourth-order valence-corrected chi connectivity index (χ4v) is 2.35. The molecule has 0 fully saturated rings. The van der Waals surface area contributed by atoms with Crippen molar-refractivity contribution in [3.05, 3.63) is 52.5 Å². The lowest BCUT2D eigenvalue weighted by molar-refractivity contribution is 0.269. The maximum Gasteiger partial charge on any atom is 0.128 e. The van der Waals surface area contributed by atoms with Gasteiger partial charge in [0.2, 0.25) is 0 Å². The molecule has 14 heavy (non-hydrogen) atoms. The van der Waals surface area contributed by atoms with E-state index in [1.165, 1.54) is 5.56 Å². The quantitative estimate of drug-likeness (QED) is 0.684. The molecule has 2 aliphatic rings. The molecular formula is C12H9BrO. The molecule has 0 aromatic heterocycles. The maximum absolute atomic E-state index is 5.82. The van der Waals surface area contributed by atoms with Crippen LogP contribution in [0.4, 0.5) is 0 Å². The topological polar surface area (TPSA) is 9.23 Å². The van der Waals surface area contributed by atoms with E-state index in [9.17, 15) is 0 Å². The van der Waals surface area contributed by atoms with Crippen molar-refractivity contribution in [2.45, 2.75) is 12.0 Å². The van der Waals surface area contributed by atoms with Crippen LogP contribution in [0.25, 0.3) is 0 Å². The molecule has 2 unspecified atom stereocenters. The number of hydrogen-bond acceptors (Lipinski definition) is 1. The van der Waals surface area contributed by atoms with Gasteiger partial charge in [0.05, 0.1) is 0 Å². The number of hydrogen-bond donors (Lipinski definition) is 0. The molecule has 2 atom stereocenters. The lowest BCUT2D eigenvalue weighted by Crippen LogP contribution is -2.15. The van der Waals surface area contributed by atoms with Crippen molar-refractivity contribution in [1.82, 2.24) is 0 Å². The summed E-state index contributed by atoms with van der Waals surface area (Å²) in [4.78, 5) is 0. The monoisotopic (exact) mass is 248 g/mol. The number of halogens is 1. The fourth-order valence-electron chi connectivity index (χ4n) is 2.01. The summed E-state index contributed by atoms with van der Waals surface area (Å²) in [6.45, 7) is 0. The Kier molecular flexibility index (Phi) is 1.77. The molecule has 3 rings (SSSR count). The normalized spacial score (nSPS) is 26.9. The highest BCUT2D eigenvalue weighted by Gasteiger charge is 2.31. The summed E-state index contributed by atoms with van der Waals surface area (Å²) < 4.78 is 6.90. The molecule has 0 saturated heterocycles. The Bertz CT molecular complexity index is 434. The summed E-state index contributed by atoms with van der Waals surface area (Å²) in [5.41, 5.74) is 1.29. The molecule has 0 saturated carbocycles. The third-order valence-corrected chi connectivity index (χ3v) is 3.18. The molecule has 1 aliphatic carbocycles. The smallest absolute Gasteiger partial charge is 0.128 e. The van der Waals surface area contributed by atoms with Crippen molar-refractivity contribution in [3.8, 4) is 5.75 Å². The van der Waals surface area contributed by atoms with E-state index < -0.39 is 0 Å². The highest BCUT2D eigenvalue weighted by atomic mass is 79.9. The standard InChI is InChI=1S/C12H9BrO/c13-8-5-6-10-9-3-1-2-4-11(9)14-12(10)7-8/h1-7,9,11H. The summed E-state index contributed by atoms with van der Waals surface area (Å²) in [6, 6.07) is 6.24. The van der Waals surface area contributed by atoms with Gasteiger partial charge in [-0.05, 0) is 18.2 Å². The van der Waals surface area contributed by atoms with Crippen LogP contribution in [-0.2, 0) is 0 Å². The largest absolute Gasteiger partial charge is 0.485 e. The number of rotatable bonds is 0. The minimum atomic E-state index is 0.198. The van der Waals surface area contributed by atoms with E-state index in [1.54, 1.807) is 0 Å². The third kappa shape index (κ3) is 1.14. The Morgan fingerprint density at radius 1 is 1.14 bits per heavy atom. The number of allylic oxidation sites excluding steroid dienone is 2. The Balaban J connectivity index is 2.11. The lowest BCUT2D eigenvalue weighted by Gasteiger charge is -2.13. The van der Waals surface area contributed by atoms with Gasteiger partial charge in [-0.25, -0.2) is 0 Å². The molecule has 0 bridgehead atoms. The van der Waals surface area contributed by atoms with E-state index in [2.05, 4.69) is 46.3 Å². The van der Waals surface area contributed by atoms with Gasteiger partial charge in [-0.1, -0.05) is 40.2 Å². The second kappa shape index (κ2) is 2.99. The highest BCUT2D eigenvalue weighted by molar-refractivity contribution is 9.10. The Hall–Kier alpha value is -1.02. The van der Waals surface area contributed by atoms with Crippen molar-refractivity contribution >= 4 is 15.9 Å². The zero-order valence-corrected chi connectivity index (χ0v) is 9.07. The van der Waals surface area contributed by atoms with Gasteiger partial charge in [-0.2, -0.15) is 0 Å². The minimum Gasteiger partial charge on any atom is -0.485 e. The second-order valence-corrected chi connectivity index (χ2v) is 4.48. The fraction of sp³-hybridized carbons (Fsp3) is 0.167. The van der Waals surface area contributed by atoms with Gasteiger partial charge in [-0.3, -0.25) is 0 Å². The van der Waals surface area contributed by atoms with Gasteiger partial charge in [0.1, 0.15) is 11.9 Å². The molecule has 1 aliphatic heterocycles. The van der Waals surface area contributed by atoms with Crippen LogP contribution < -0.4 is 4.74 Å². The van der Waals surface area contributed by atoms with Crippen LogP contribution in [-0.4, -0.2) is 6.10 Å². The predicted molar refractivity (Wildman–Crippen MR) is 59.6 cm³/mol. The first kappa shape index (κ1) is 8.30. The molecule has 0 amide bonds. The first-order valence-corrected chi connectivity index (χ1v) is 5.45. The lowest BCUT2D eigenvalue weighted by atomic mass is 9.92. The van der Waals surface area contributed by atoms with Crippen molar-refractivity contribution < 1.29 is 4.74 Å². The number of benzene rings is 1.